The van der Waals surface area contributed by atoms with E-state index in [0.29, 0.717) is 6.42 Å². The Hall–Kier alpha value is -2.98. The second-order valence-electron chi connectivity index (χ2n) is 7.03. The zero-order valence-electron chi connectivity index (χ0n) is 15.6. The lowest BCUT2D eigenvalue weighted by Crippen LogP contribution is -2.43. The van der Waals surface area contributed by atoms with Crippen molar-refractivity contribution in [3.8, 4) is 11.1 Å². The lowest BCUT2D eigenvalue weighted by molar-refractivity contribution is -0.139. The number of hydrazine groups is 3. The maximum absolute atomic E-state index is 12.3. The average molecular weight is 397 g/mol. The number of carboxylic acids is 1. The molecule has 1 aliphatic carbocycles. The molecule has 29 heavy (non-hydrogen) atoms. The minimum absolute atomic E-state index is 0.0690. The number of benzene rings is 2. The normalized spacial score (nSPS) is 16.8. The Labute approximate surface area is 167 Å². The molecule has 1 amide bonds. The first-order valence-corrected chi connectivity index (χ1v) is 9.49. The quantitative estimate of drug-likeness (QED) is 0.412. The van der Waals surface area contributed by atoms with Gasteiger partial charge in [0.05, 0.1) is 6.17 Å². The minimum atomic E-state index is -1.10. The van der Waals surface area contributed by atoms with Gasteiger partial charge in [-0.3, -0.25) is 0 Å². The first kappa shape index (κ1) is 19.3. The van der Waals surface area contributed by atoms with Crippen LogP contribution in [0.2, 0.25) is 0 Å². The molecule has 2 aromatic rings. The molecule has 2 aliphatic rings. The number of nitrogens with one attached hydrogen (secondary N) is 5. The number of carbonyl (C=O) groups is 2. The van der Waals surface area contributed by atoms with Gasteiger partial charge in [0.2, 0.25) is 0 Å². The smallest absolute Gasteiger partial charge is 0.407 e. The van der Waals surface area contributed by atoms with Crippen molar-refractivity contribution >= 4 is 12.1 Å². The number of fused-ring (bicyclic) bond motifs is 3. The summed E-state index contributed by atoms with van der Waals surface area (Å²) in [5, 5.41) is 11.8. The minimum Gasteiger partial charge on any atom is -0.480 e. The Kier molecular flexibility index (Phi) is 5.72. The van der Waals surface area contributed by atoms with Gasteiger partial charge in [0.25, 0.3) is 0 Å². The van der Waals surface area contributed by atoms with Crippen LogP contribution >= 0.6 is 0 Å². The highest BCUT2D eigenvalue weighted by Crippen LogP contribution is 2.44. The Morgan fingerprint density at radius 1 is 1.00 bits per heavy atom. The second-order valence-corrected chi connectivity index (χ2v) is 7.03. The summed E-state index contributed by atoms with van der Waals surface area (Å²) in [5.41, 5.74) is 15.6. The van der Waals surface area contributed by atoms with Crippen LogP contribution in [-0.4, -0.2) is 36.0 Å². The Balaban J connectivity index is 1.37. The summed E-state index contributed by atoms with van der Waals surface area (Å²) < 4.78 is 5.42. The molecular weight excluding hydrogens is 374 g/mol. The van der Waals surface area contributed by atoms with Gasteiger partial charge in [0.15, 0.2) is 0 Å². The molecule has 9 heteroatoms. The number of hydrogen-bond acceptors (Lipinski definition) is 7. The SMILES string of the molecule is O=C(N[C@@H](CCC1NNNN1)C(=O)O)OCC1c2ccccc2-c2ccccc21. The lowest BCUT2D eigenvalue weighted by atomic mass is 9.98. The van der Waals surface area contributed by atoms with Gasteiger partial charge < -0.3 is 15.2 Å². The predicted octanol–water partition coefficient (Wildman–Crippen LogP) is 1.20. The number of aliphatic carboxylic acids is 1. The Morgan fingerprint density at radius 3 is 2.17 bits per heavy atom. The van der Waals surface area contributed by atoms with E-state index in [0.717, 1.165) is 22.3 Å². The van der Waals surface area contributed by atoms with Crippen molar-refractivity contribution in [1.29, 1.82) is 0 Å². The topological polar surface area (TPSA) is 124 Å². The maximum Gasteiger partial charge on any atom is 0.407 e. The fourth-order valence-electron chi connectivity index (χ4n) is 3.80. The number of hydrogen-bond donors (Lipinski definition) is 6. The zero-order chi connectivity index (χ0) is 20.2. The lowest BCUT2D eigenvalue weighted by Gasteiger charge is -2.18. The van der Waals surface area contributed by atoms with Crippen molar-refractivity contribution in [3.63, 3.8) is 0 Å². The highest BCUT2D eigenvalue weighted by Gasteiger charge is 2.30. The fourth-order valence-corrected chi connectivity index (χ4v) is 3.80. The Bertz CT molecular complexity index is 854. The van der Waals surface area contributed by atoms with Crippen LogP contribution in [0, 0.1) is 0 Å². The van der Waals surface area contributed by atoms with Crippen molar-refractivity contribution in [2.24, 2.45) is 0 Å². The maximum atomic E-state index is 12.3. The molecule has 9 nitrogen and oxygen atoms in total. The van der Waals surface area contributed by atoms with Crippen LogP contribution in [0.4, 0.5) is 4.79 Å². The van der Waals surface area contributed by atoms with Gasteiger partial charge in [-0.1, -0.05) is 48.5 Å². The van der Waals surface area contributed by atoms with E-state index in [1.165, 1.54) is 0 Å². The van der Waals surface area contributed by atoms with Crippen LogP contribution in [0.3, 0.4) is 0 Å². The van der Waals surface area contributed by atoms with Gasteiger partial charge in [-0.05, 0) is 35.1 Å². The molecule has 152 valence electrons. The largest absolute Gasteiger partial charge is 0.480 e. The van der Waals surface area contributed by atoms with Gasteiger partial charge in [-0.15, -0.1) is 0 Å². The third-order valence-corrected chi connectivity index (χ3v) is 5.23. The van der Waals surface area contributed by atoms with Crippen LogP contribution in [0.1, 0.15) is 29.9 Å². The number of carboxylic acid groups (broad SMARTS) is 1. The predicted molar refractivity (Wildman–Crippen MR) is 105 cm³/mol. The molecule has 1 heterocycles. The summed E-state index contributed by atoms with van der Waals surface area (Å²) in [6, 6.07) is 15.1. The van der Waals surface area contributed by atoms with E-state index in [2.05, 4.69) is 39.4 Å². The van der Waals surface area contributed by atoms with Crippen molar-refractivity contribution in [2.75, 3.05) is 6.61 Å². The molecular formula is C20H23N5O4. The first-order chi connectivity index (χ1) is 14.1. The molecule has 4 rings (SSSR count). The molecule has 0 spiro atoms. The number of carbonyl (C=O) groups excluding carboxylic acids is 1. The molecule has 0 saturated carbocycles. The van der Waals surface area contributed by atoms with Crippen molar-refractivity contribution in [3.05, 3.63) is 59.7 Å². The van der Waals surface area contributed by atoms with E-state index in [9.17, 15) is 14.7 Å². The molecule has 1 saturated heterocycles. The van der Waals surface area contributed by atoms with E-state index < -0.39 is 18.1 Å². The molecule has 0 radical (unpaired) electrons. The molecule has 1 atom stereocenters. The number of alkyl carbamates (subject to hydrolysis) is 1. The second kappa shape index (κ2) is 8.58. The summed E-state index contributed by atoms with van der Waals surface area (Å²) in [7, 11) is 0. The van der Waals surface area contributed by atoms with Crippen LogP contribution in [0.15, 0.2) is 48.5 Å². The van der Waals surface area contributed by atoms with E-state index in [1.807, 2.05) is 36.4 Å². The zero-order valence-corrected chi connectivity index (χ0v) is 15.6. The Morgan fingerprint density at radius 2 is 1.59 bits per heavy atom. The van der Waals surface area contributed by atoms with Crippen LogP contribution in [0.5, 0.6) is 0 Å². The van der Waals surface area contributed by atoms with Crippen LogP contribution < -0.4 is 27.2 Å². The van der Waals surface area contributed by atoms with Gasteiger partial charge in [-0.2, -0.15) is 11.1 Å². The van der Waals surface area contributed by atoms with Gasteiger partial charge in [0, 0.05) is 5.92 Å². The first-order valence-electron chi connectivity index (χ1n) is 9.49. The summed E-state index contributed by atoms with van der Waals surface area (Å²) in [5.74, 6) is -1.17. The summed E-state index contributed by atoms with van der Waals surface area (Å²) in [6.07, 6.45) is -0.141. The summed E-state index contributed by atoms with van der Waals surface area (Å²) >= 11 is 0. The standard InChI is InChI=1S/C20H23N5O4/c26-19(27)17(9-10-18-22-24-25-23-18)21-20(28)29-11-16-14-7-3-1-5-12(14)13-6-2-4-8-15(13)16/h1-8,16-18,22-25H,9-11H2,(H,21,28)(H,26,27)/t17-/m0/s1. The van der Waals surface area contributed by atoms with Gasteiger partial charge >= 0.3 is 12.1 Å². The number of ether oxygens (including phenoxy) is 1. The number of rotatable bonds is 7. The highest BCUT2D eigenvalue weighted by atomic mass is 16.5. The van der Waals surface area contributed by atoms with Crippen LogP contribution in [0.25, 0.3) is 11.1 Å². The third-order valence-electron chi connectivity index (χ3n) is 5.23. The summed E-state index contributed by atoms with van der Waals surface area (Å²) in [6.45, 7) is 0.145. The molecule has 0 aromatic heterocycles. The van der Waals surface area contributed by atoms with Crippen LogP contribution in [-0.2, 0) is 9.53 Å². The highest BCUT2D eigenvalue weighted by molar-refractivity contribution is 5.81. The molecule has 0 unspecified atom stereocenters. The van der Waals surface area contributed by atoms with Crippen molar-refractivity contribution in [2.45, 2.75) is 31.0 Å². The molecule has 1 aliphatic heterocycles. The van der Waals surface area contributed by atoms with E-state index in [-0.39, 0.29) is 25.1 Å². The monoisotopic (exact) mass is 397 g/mol. The molecule has 6 N–H and O–H groups in total. The van der Waals surface area contributed by atoms with E-state index in [4.69, 9.17) is 4.74 Å². The molecule has 1 fully saturated rings. The summed E-state index contributed by atoms with van der Waals surface area (Å²) in [4.78, 5) is 23.8. The van der Waals surface area contributed by atoms with Crippen molar-refractivity contribution < 1.29 is 19.4 Å². The number of amides is 1. The molecule has 0 bridgehead atoms. The average Bonchev–Trinajstić information content (AvgIpc) is 3.35. The third kappa shape index (κ3) is 4.22. The van der Waals surface area contributed by atoms with Gasteiger partial charge in [0.1, 0.15) is 12.6 Å². The van der Waals surface area contributed by atoms with E-state index >= 15 is 0 Å². The van der Waals surface area contributed by atoms with Gasteiger partial charge in [-0.25, -0.2) is 20.4 Å². The molecule has 2 aromatic carbocycles. The van der Waals surface area contributed by atoms with E-state index in [1.54, 1.807) is 0 Å². The van der Waals surface area contributed by atoms with Crippen molar-refractivity contribution in [1.82, 2.24) is 27.2 Å². The fraction of sp³-hybridized carbons (Fsp3) is 0.300.